The van der Waals surface area contributed by atoms with Gasteiger partial charge in [0.05, 0.1) is 0 Å². The lowest BCUT2D eigenvalue weighted by Gasteiger charge is -2.07. The second-order valence-corrected chi connectivity index (χ2v) is 6.22. The van der Waals surface area contributed by atoms with Gasteiger partial charge in [-0.1, -0.05) is 58.7 Å². The molecule has 4 rings (SSSR count). The highest BCUT2D eigenvalue weighted by Crippen LogP contribution is 2.31. The SMILES string of the molecule is Cc1ccc(-c2noc3ncnc(NCc4cccc(Cl)c4)c23)cc1. The van der Waals surface area contributed by atoms with Crippen LogP contribution in [0.15, 0.2) is 59.4 Å². The van der Waals surface area contributed by atoms with E-state index in [2.05, 4.69) is 20.4 Å². The maximum absolute atomic E-state index is 6.04. The van der Waals surface area contributed by atoms with Crippen molar-refractivity contribution < 1.29 is 4.52 Å². The van der Waals surface area contributed by atoms with Crippen LogP contribution in [-0.2, 0) is 6.54 Å². The third-order valence-electron chi connectivity index (χ3n) is 3.95. The molecule has 0 bridgehead atoms. The lowest BCUT2D eigenvalue weighted by atomic mass is 10.1. The summed E-state index contributed by atoms with van der Waals surface area (Å²) < 4.78 is 5.38. The summed E-state index contributed by atoms with van der Waals surface area (Å²) in [5.74, 6) is 0.682. The smallest absolute Gasteiger partial charge is 0.263 e. The Morgan fingerprint density at radius 2 is 1.92 bits per heavy atom. The number of anilines is 1. The Morgan fingerprint density at radius 1 is 1.08 bits per heavy atom. The van der Waals surface area contributed by atoms with Crippen LogP contribution in [0.5, 0.6) is 0 Å². The van der Waals surface area contributed by atoms with Gasteiger partial charge in [0.25, 0.3) is 5.71 Å². The number of hydrogen-bond acceptors (Lipinski definition) is 5. The minimum absolute atomic E-state index is 0.458. The first-order valence-electron chi connectivity index (χ1n) is 7.86. The zero-order chi connectivity index (χ0) is 17.2. The number of halogens is 1. The van der Waals surface area contributed by atoms with Crippen LogP contribution in [0, 0.1) is 6.92 Å². The van der Waals surface area contributed by atoms with Crippen LogP contribution >= 0.6 is 11.6 Å². The number of benzene rings is 2. The quantitative estimate of drug-likeness (QED) is 0.569. The number of rotatable bonds is 4. The molecule has 0 radical (unpaired) electrons. The van der Waals surface area contributed by atoms with Crippen molar-refractivity contribution in [1.82, 2.24) is 15.1 Å². The molecule has 0 amide bonds. The van der Waals surface area contributed by atoms with Crippen LogP contribution in [0.1, 0.15) is 11.1 Å². The van der Waals surface area contributed by atoms with E-state index in [-0.39, 0.29) is 0 Å². The Balaban J connectivity index is 1.71. The summed E-state index contributed by atoms with van der Waals surface area (Å²) in [6, 6.07) is 15.8. The summed E-state index contributed by atoms with van der Waals surface area (Å²) in [7, 11) is 0. The van der Waals surface area contributed by atoms with Gasteiger partial charge in [-0.15, -0.1) is 0 Å². The second-order valence-electron chi connectivity index (χ2n) is 5.78. The van der Waals surface area contributed by atoms with E-state index in [4.69, 9.17) is 16.1 Å². The standard InChI is InChI=1S/C19H15ClN4O/c1-12-5-7-14(8-6-12)17-16-18(22-11-23-19(16)25-24-17)21-10-13-3-2-4-15(20)9-13/h2-9,11H,10H2,1H3,(H,21,22,23). The van der Waals surface area contributed by atoms with Crippen molar-refractivity contribution in [3.05, 3.63) is 71.0 Å². The van der Waals surface area contributed by atoms with Gasteiger partial charge in [-0.2, -0.15) is 4.98 Å². The van der Waals surface area contributed by atoms with Crippen molar-refractivity contribution >= 4 is 28.5 Å². The summed E-state index contributed by atoms with van der Waals surface area (Å²) in [6.45, 7) is 2.64. The van der Waals surface area contributed by atoms with E-state index in [9.17, 15) is 0 Å². The van der Waals surface area contributed by atoms with Crippen molar-refractivity contribution in [2.45, 2.75) is 13.5 Å². The number of aryl methyl sites for hydroxylation is 1. The lowest BCUT2D eigenvalue weighted by molar-refractivity contribution is 0.451. The molecule has 0 saturated carbocycles. The zero-order valence-corrected chi connectivity index (χ0v) is 14.3. The molecule has 2 aromatic heterocycles. The monoisotopic (exact) mass is 350 g/mol. The zero-order valence-electron chi connectivity index (χ0n) is 13.5. The molecule has 0 fully saturated rings. The number of nitrogens with zero attached hydrogens (tertiary/aromatic N) is 3. The molecule has 2 aromatic carbocycles. The van der Waals surface area contributed by atoms with E-state index in [1.54, 1.807) is 0 Å². The maximum Gasteiger partial charge on any atom is 0.263 e. The minimum Gasteiger partial charge on any atom is -0.365 e. The molecular formula is C19H15ClN4O. The van der Waals surface area contributed by atoms with Gasteiger partial charge in [-0.25, -0.2) is 4.98 Å². The normalized spacial score (nSPS) is 11.0. The molecule has 124 valence electrons. The highest BCUT2D eigenvalue weighted by Gasteiger charge is 2.16. The average molecular weight is 351 g/mol. The van der Waals surface area contributed by atoms with E-state index < -0.39 is 0 Å². The fourth-order valence-corrected chi connectivity index (χ4v) is 2.87. The molecule has 6 heteroatoms. The van der Waals surface area contributed by atoms with Crippen LogP contribution in [0.4, 0.5) is 5.82 Å². The van der Waals surface area contributed by atoms with Crippen LogP contribution in [-0.4, -0.2) is 15.1 Å². The summed E-state index contributed by atoms with van der Waals surface area (Å²) in [5, 5.41) is 8.99. The van der Waals surface area contributed by atoms with Gasteiger partial charge in [0.15, 0.2) is 0 Å². The predicted octanol–water partition coefficient (Wildman–Crippen LogP) is 4.86. The highest BCUT2D eigenvalue weighted by atomic mass is 35.5. The Kier molecular flexibility index (Phi) is 4.07. The van der Waals surface area contributed by atoms with E-state index in [1.165, 1.54) is 11.9 Å². The second kappa shape index (κ2) is 6.53. The molecule has 25 heavy (non-hydrogen) atoms. The van der Waals surface area contributed by atoms with Crippen molar-refractivity contribution in [2.75, 3.05) is 5.32 Å². The Bertz CT molecular complexity index is 1030. The first-order valence-corrected chi connectivity index (χ1v) is 8.24. The van der Waals surface area contributed by atoms with Crippen LogP contribution in [0.2, 0.25) is 5.02 Å². The molecule has 0 spiro atoms. The van der Waals surface area contributed by atoms with E-state index in [0.717, 1.165) is 22.2 Å². The van der Waals surface area contributed by atoms with Crippen LogP contribution in [0.25, 0.3) is 22.4 Å². The highest BCUT2D eigenvalue weighted by molar-refractivity contribution is 6.30. The molecule has 2 heterocycles. The van der Waals surface area contributed by atoms with E-state index in [1.807, 2.05) is 55.5 Å². The Labute approximate surface area is 149 Å². The van der Waals surface area contributed by atoms with Crippen molar-refractivity contribution in [3.8, 4) is 11.3 Å². The molecule has 0 unspecified atom stereocenters. The van der Waals surface area contributed by atoms with Crippen molar-refractivity contribution in [3.63, 3.8) is 0 Å². The number of hydrogen-bond donors (Lipinski definition) is 1. The molecule has 4 aromatic rings. The molecular weight excluding hydrogens is 336 g/mol. The molecule has 0 aliphatic rings. The van der Waals surface area contributed by atoms with E-state index in [0.29, 0.717) is 23.1 Å². The fraction of sp³-hybridized carbons (Fsp3) is 0.105. The van der Waals surface area contributed by atoms with E-state index >= 15 is 0 Å². The fourth-order valence-electron chi connectivity index (χ4n) is 2.66. The van der Waals surface area contributed by atoms with Crippen LogP contribution in [0.3, 0.4) is 0 Å². The third-order valence-corrected chi connectivity index (χ3v) is 4.18. The first-order chi connectivity index (χ1) is 12.2. The van der Waals surface area contributed by atoms with Gasteiger partial charge < -0.3 is 9.84 Å². The average Bonchev–Trinajstić information content (AvgIpc) is 3.05. The molecule has 0 atom stereocenters. The summed E-state index contributed by atoms with van der Waals surface area (Å²) >= 11 is 6.04. The third kappa shape index (κ3) is 3.19. The molecule has 0 aliphatic carbocycles. The van der Waals surface area contributed by atoms with Gasteiger partial charge in [-0.3, -0.25) is 0 Å². The van der Waals surface area contributed by atoms with Crippen molar-refractivity contribution in [1.29, 1.82) is 0 Å². The number of fused-ring (bicyclic) bond motifs is 1. The molecule has 1 N–H and O–H groups in total. The topological polar surface area (TPSA) is 63.8 Å². The predicted molar refractivity (Wildman–Crippen MR) is 98.6 cm³/mol. The largest absolute Gasteiger partial charge is 0.365 e. The van der Waals surface area contributed by atoms with Gasteiger partial charge in [0, 0.05) is 17.1 Å². The Hall–Kier alpha value is -2.92. The Morgan fingerprint density at radius 3 is 2.72 bits per heavy atom. The molecule has 5 nitrogen and oxygen atoms in total. The lowest BCUT2D eigenvalue weighted by Crippen LogP contribution is -2.02. The van der Waals surface area contributed by atoms with Gasteiger partial charge in [-0.05, 0) is 24.6 Å². The number of aromatic nitrogens is 3. The van der Waals surface area contributed by atoms with Crippen molar-refractivity contribution in [2.24, 2.45) is 0 Å². The summed E-state index contributed by atoms with van der Waals surface area (Å²) in [4.78, 5) is 8.54. The minimum atomic E-state index is 0.458. The summed E-state index contributed by atoms with van der Waals surface area (Å²) in [6.07, 6.45) is 1.47. The van der Waals surface area contributed by atoms with Crippen LogP contribution < -0.4 is 5.32 Å². The van der Waals surface area contributed by atoms with Gasteiger partial charge in [0.2, 0.25) is 0 Å². The van der Waals surface area contributed by atoms with Gasteiger partial charge >= 0.3 is 0 Å². The van der Waals surface area contributed by atoms with Gasteiger partial charge in [0.1, 0.15) is 23.2 Å². The first kappa shape index (κ1) is 15.6. The molecule has 0 aliphatic heterocycles. The summed E-state index contributed by atoms with van der Waals surface area (Å²) in [5.41, 5.74) is 4.40. The molecule has 0 saturated heterocycles. The maximum atomic E-state index is 6.04. The number of nitrogens with one attached hydrogen (secondary N) is 1.